The number of anilines is 1. The number of amides is 3. The first kappa shape index (κ1) is 16.1. The van der Waals surface area contributed by atoms with E-state index in [0.29, 0.717) is 20.7 Å². The summed E-state index contributed by atoms with van der Waals surface area (Å²) in [7, 11) is 1.51. The summed E-state index contributed by atoms with van der Waals surface area (Å²) in [6.07, 6.45) is 0. The molecule has 0 bridgehead atoms. The maximum atomic E-state index is 11.8. The molecule has 3 N–H and O–H groups in total. The Morgan fingerprint density at radius 2 is 1.95 bits per heavy atom. The van der Waals surface area contributed by atoms with Crippen LogP contribution >= 0.6 is 22.9 Å². The Bertz CT molecular complexity index is 702. The minimum Gasteiger partial charge on any atom is -0.495 e. The molecule has 0 aliphatic rings. The molecule has 0 unspecified atom stereocenters. The van der Waals surface area contributed by atoms with E-state index in [4.69, 9.17) is 16.3 Å². The van der Waals surface area contributed by atoms with Crippen LogP contribution in [0.3, 0.4) is 0 Å². The molecule has 6 nitrogen and oxygen atoms in total. The van der Waals surface area contributed by atoms with Crippen LogP contribution in [0.25, 0.3) is 0 Å². The van der Waals surface area contributed by atoms with Gasteiger partial charge >= 0.3 is 6.03 Å². The number of carbonyl (C=O) groups excluding carboxylic acids is 2. The molecule has 3 amide bonds. The Balaban J connectivity index is 1.93. The van der Waals surface area contributed by atoms with Gasteiger partial charge in [0.1, 0.15) is 5.75 Å². The average molecular weight is 340 g/mol. The number of halogens is 1. The number of thiophene rings is 1. The molecule has 0 spiro atoms. The number of nitrogens with one attached hydrogen (secondary N) is 3. The zero-order chi connectivity index (χ0) is 16.1. The summed E-state index contributed by atoms with van der Waals surface area (Å²) in [5.41, 5.74) is 6.04. The van der Waals surface area contributed by atoms with Gasteiger partial charge in [-0.2, -0.15) is 0 Å². The number of ether oxygens (including phenoxy) is 1. The summed E-state index contributed by atoms with van der Waals surface area (Å²) in [5.74, 6) is 0.0837. The molecule has 0 aliphatic carbocycles. The van der Waals surface area contributed by atoms with Crippen molar-refractivity contribution < 1.29 is 14.3 Å². The van der Waals surface area contributed by atoms with Crippen molar-refractivity contribution in [3.8, 4) is 5.75 Å². The number of carbonyl (C=O) groups is 2. The third-order valence-corrected chi connectivity index (χ3v) is 3.92. The van der Waals surface area contributed by atoms with Gasteiger partial charge < -0.3 is 10.1 Å². The second-order valence-corrected chi connectivity index (χ2v) is 6.06. The van der Waals surface area contributed by atoms with Crippen molar-refractivity contribution >= 4 is 40.6 Å². The van der Waals surface area contributed by atoms with Crippen molar-refractivity contribution in [3.63, 3.8) is 0 Å². The van der Waals surface area contributed by atoms with E-state index in [1.165, 1.54) is 7.11 Å². The monoisotopic (exact) mass is 339 g/mol. The van der Waals surface area contributed by atoms with E-state index in [2.05, 4.69) is 16.2 Å². The second kappa shape index (κ2) is 7.15. The smallest absolute Gasteiger partial charge is 0.338 e. The molecular formula is C14H14ClN3O3S. The highest BCUT2D eigenvalue weighted by atomic mass is 35.5. The number of rotatable bonds is 3. The van der Waals surface area contributed by atoms with Gasteiger partial charge in [-0.05, 0) is 36.8 Å². The number of hydrogen-bond acceptors (Lipinski definition) is 4. The molecule has 1 aromatic heterocycles. The van der Waals surface area contributed by atoms with E-state index in [1.807, 2.05) is 13.0 Å². The highest BCUT2D eigenvalue weighted by Crippen LogP contribution is 2.25. The molecule has 22 heavy (non-hydrogen) atoms. The number of hydrogen-bond donors (Lipinski definition) is 3. The number of hydrazine groups is 1. The largest absolute Gasteiger partial charge is 0.495 e. The van der Waals surface area contributed by atoms with Gasteiger partial charge in [0.05, 0.1) is 22.0 Å². The summed E-state index contributed by atoms with van der Waals surface area (Å²) >= 11 is 6.87. The number of benzene rings is 1. The summed E-state index contributed by atoms with van der Waals surface area (Å²) in [4.78, 5) is 24.0. The third kappa shape index (κ3) is 4.12. The van der Waals surface area contributed by atoms with E-state index in [9.17, 15) is 9.59 Å². The molecule has 0 saturated carbocycles. The molecule has 0 saturated heterocycles. The lowest BCUT2D eigenvalue weighted by molar-refractivity contribution is 0.0942. The van der Waals surface area contributed by atoms with Gasteiger partial charge in [-0.1, -0.05) is 17.7 Å². The predicted molar refractivity (Wildman–Crippen MR) is 86.7 cm³/mol. The molecule has 8 heteroatoms. The second-order valence-electron chi connectivity index (χ2n) is 4.34. The third-order valence-electron chi connectivity index (χ3n) is 2.69. The van der Waals surface area contributed by atoms with Crippen LogP contribution in [0.4, 0.5) is 10.5 Å². The van der Waals surface area contributed by atoms with Crippen LogP contribution in [0.1, 0.15) is 15.2 Å². The SMILES string of the molecule is COc1ccc(C)cc1NC(=O)NNC(=O)c1ccc(Cl)s1. The van der Waals surface area contributed by atoms with Crippen LogP contribution in [0, 0.1) is 6.92 Å². The Morgan fingerprint density at radius 3 is 2.59 bits per heavy atom. The van der Waals surface area contributed by atoms with Crippen LogP contribution in [-0.2, 0) is 0 Å². The molecule has 2 aromatic rings. The Labute approximate surface area is 136 Å². The normalized spacial score (nSPS) is 9.95. The molecule has 0 radical (unpaired) electrons. The van der Waals surface area contributed by atoms with Crippen molar-refractivity contribution in [2.24, 2.45) is 0 Å². The lowest BCUT2D eigenvalue weighted by Crippen LogP contribution is -2.43. The van der Waals surface area contributed by atoms with Crippen molar-refractivity contribution in [1.29, 1.82) is 0 Å². The summed E-state index contributed by atoms with van der Waals surface area (Å²) in [6.45, 7) is 1.89. The van der Waals surface area contributed by atoms with Gasteiger partial charge in [-0.15, -0.1) is 11.3 Å². The standard InChI is InChI=1S/C14H14ClN3O3S/c1-8-3-4-10(21-2)9(7-8)16-14(20)18-17-13(19)11-5-6-12(15)22-11/h3-7H,1-2H3,(H,17,19)(H2,16,18,20). The van der Waals surface area contributed by atoms with E-state index < -0.39 is 11.9 Å². The van der Waals surface area contributed by atoms with Gasteiger partial charge in [0.15, 0.2) is 0 Å². The van der Waals surface area contributed by atoms with Gasteiger partial charge in [0, 0.05) is 0 Å². The summed E-state index contributed by atoms with van der Waals surface area (Å²) < 4.78 is 5.66. The molecule has 1 heterocycles. The summed E-state index contributed by atoms with van der Waals surface area (Å²) in [6, 6.07) is 7.98. The van der Waals surface area contributed by atoms with Gasteiger partial charge in [0.25, 0.3) is 5.91 Å². The van der Waals surface area contributed by atoms with Crippen molar-refractivity contribution in [3.05, 3.63) is 45.1 Å². The predicted octanol–water partition coefficient (Wildman–Crippen LogP) is 3.19. The Morgan fingerprint density at radius 1 is 1.18 bits per heavy atom. The fourth-order valence-electron chi connectivity index (χ4n) is 1.68. The molecule has 2 rings (SSSR count). The minimum atomic E-state index is -0.583. The number of aryl methyl sites for hydroxylation is 1. The lowest BCUT2D eigenvalue weighted by Gasteiger charge is -2.12. The Kier molecular flexibility index (Phi) is 5.24. The van der Waals surface area contributed by atoms with Crippen LogP contribution in [0.15, 0.2) is 30.3 Å². The van der Waals surface area contributed by atoms with Crippen LogP contribution < -0.4 is 20.9 Å². The summed E-state index contributed by atoms with van der Waals surface area (Å²) in [5, 5.41) is 2.60. The van der Waals surface area contributed by atoms with Crippen molar-refractivity contribution in [1.82, 2.24) is 10.9 Å². The topological polar surface area (TPSA) is 79.5 Å². The van der Waals surface area contributed by atoms with Crippen LogP contribution in [-0.4, -0.2) is 19.0 Å². The number of urea groups is 1. The fourth-order valence-corrected chi connectivity index (χ4v) is 2.62. The highest BCUT2D eigenvalue weighted by Gasteiger charge is 2.11. The molecule has 116 valence electrons. The first-order valence-corrected chi connectivity index (χ1v) is 7.46. The van der Waals surface area contributed by atoms with Gasteiger partial charge in [-0.25, -0.2) is 10.2 Å². The van der Waals surface area contributed by atoms with E-state index >= 15 is 0 Å². The minimum absolute atomic E-state index is 0.401. The maximum absolute atomic E-state index is 11.8. The van der Waals surface area contributed by atoms with E-state index in [0.717, 1.165) is 16.9 Å². The fraction of sp³-hybridized carbons (Fsp3) is 0.143. The Hall–Kier alpha value is -2.25. The first-order valence-electron chi connectivity index (χ1n) is 6.27. The van der Waals surface area contributed by atoms with Crippen molar-refractivity contribution in [2.45, 2.75) is 6.92 Å². The molecule has 0 fully saturated rings. The molecule has 0 atom stereocenters. The molecule has 1 aromatic carbocycles. The van der Waals surface area contributed by atoms with Gasteiger partial charge in [-0.3, -0.25) is 10.2 Å². The number of methoxy groups -OCH3 is 1. The van der Waals surface area contributed by atoms with E-state index in [-0.39, 0.29) is 0 Å². The molecule has 0 aliphatic heterocycles. The average Bonchev–Trinajstić information content (AvgIpc) is 2.92. The quantitative estimate of drug-likeness (QED) is 0.751. The molecular weight excluding hydrogens is 326 g/mol. The highest BCUT2D eigenvalue weighted by molar-refractivity contribution is 7.17. The maximum Gasteiger partial charge on any atom is 0.338 e. The van der Waals surface area contributed by atoms with Crippen molar-refractivity contribution in [2.75, 3.05) is 12.4 Å². The first-order chi connectivity index (χ1) is 10.5. The lowest BCUT2D eigenvalue weighted by atomic mass is 10.2. The van der Waals surface area contributed by atoms with Crippen LogP contribution in [0.2, 0.25) is 4.34 Å². The van der Waals surface area contributed by atoms with Gasteiger partial charge in [0.2, 0.25) is 0 Å². The van der Waals surface area contributed by atoms with Crippen LogP contribution in [0.5, 0.6) is 5.75 Å². The zero-order valence-corrected chi connectivity index (χ0v) is 13.5. The van der Waals surface area contributed by atoms with E-state index in [1.54, 1.807) is 24.3 Å². The zero-order valence-electron chi connectivity index (χ0n) is 11.9.